The second-order valence-electron chi connectivity index (χ2n) is 3.80. The van der Waals surface area contributed by atoms with Crippen LogP contribution in [0.25, 0.3) is 0 Å². The topological polar surface area (TPSA) is 93.1 Å². The van der Waals surface area contributed by atoms with Gasteiger partial charge >= 0.3 is 11.9 Å². The van der Waals surface area contributed by atoms with Gasteiger partial charge in [-0.05, 0) is 12.1 Å². The lowest BCUT2D eigenvalue weighted by Crippen LogP contribution is -2.18. The SMILES string of the molecule is COC(=O)c1ccccc1C(=O)OCCC(O)CO. The predicted molar refractivity (Wildman–Crippen MR) is 65.8 cm³/mol. The van der Waals surface area contributed by atoms with Crippen molar-refractivity contribution >= 4 is 11.9 Å². The van der Waals surface area contributed by atoms with Gasteiger partial charge in [0.15, 0.2) is 0 Å². The first-order chi connectivity index (χ1) is 9.10. The molecule has 0 fully saturated rings. The summed E-state index contributed by atoms with van der Waals surface area (Å²) in [4.78, 5) is 23.2. The first-order valence-corrected chi connectivity index (χ1v) is 5.73. The third-order valence-electron chi connectivity index (χ3n) is 2.45. The maximum atomic E-state index is 11.8. The monoisotopic (exact) mass is 268 g/mol. The Kier molecular flexibility index (Phi) is 5.98. The number of carbonyl (C=O) groups is 2. The largest absolute Gasteiger partial charge is 0.465 e. The van der Waals surface area contributed by atoms with Gasteiger partial charge in [-0.3, -0.25) is 0 Å². The van der Waals surface area contributed by atoms with Crippen LogP contribution in [-0.4, -0.2) is 48.6 Å². The number of esters is 2. The molecule has 0 aliphatic carbocycles. The second-order valence-corrected chi connectivity index (χ2v) is 3.80. The van der Waals surface area contributed by atoms with Gasteiger partial charge in [-0.2, -0.15) is 0 Å². The third kappa shape index (κ3) is 4.35. The van der Waals surface area contributed by atoms with Crippen LogP contribution >= 0.6 is 0 Å². The Balaban J connectivity index is 2.69. The van der Waals surface area contributed by atoms with Crippen molar-refractivity contribution < 1.29 is 29.3 Å². The number of rotatable bonds is 6. The Morgan fingerprint density at radius 1 is 1.21 bits per heavy atom. The summed E-state index contributed by atoms with van der Waals surface area (Å²) in [5.41, 5.74) is 0.227. The smallest absolute Gasteiger partial charge is 0.339 e. The van der Waals surface area contributed by atoms with E-state index in [0.717, 1.165) is 0 Å². The molecule has 0 radical (unpaired) electrons. The minimum absolute atomic E-state index is 0.0456. The molecule has 0 heterocycles. The Hall–Kier alpha value is -1.92. The fraction of sp³-hybridized carbons (Fsp3) is 0.385. The molecule has 0 aromatic heterocycles. The van der Waals surface area contributed by atoms with Crippen molar-refractivity contribution in [1.82, 2.24) is 0 Å². The van der Waals surface area contributed by atoms with Crippen LogP contribution in [0.15, 0.2) is 24.3 Å². The zero-order valence-electron chi connectivity index (χ0n) is 10.5. The molecule has 1 unspecified atom stereocenters. The standard InChI is InChI=1S/C13H16O6/c1-18-12(16)10-4-2-3-5-11(10)13(17)19-7-6-9(15)8-14/h2-5,9,14-15H,6-8H2,1H3. The van der Waals surface area contributed by atoms with E-state index < -0.39 is 24.6 Å². The van der Waals surface area contributed by atoms with Crippen molar-refractivity contribution in [2.24, 2.45) is 0 Å². The lowest BCUT2D eigenvalue weighted by Gasteiger charge is -2.10. The van der Waals surface area contributed by atoms with Crippen LogP contribution in [0.5, 0.6) is 0 Å². The quantitative estimate of drug-likeness (QED) is 0.724. The van der Waals surface area contributed by atoms with Gasteiger partial charge in [0, 0.05) is 6.42 Å². The Morgan fingerprint density at radius 2 is 1.79 bits per heavy atom. The average molecular weight is 268 g/mol. The maximum absolute atomic E-state index is 11.8. The normalized spacial score (nSPS) is 11.7. The molecule has 0 aliphatic rings. The van der Waals surface area contributed by atoms with E-state index in [4.69, 9.17) is 14.9 Å². The number of carbonyl (C=O) groups excluding carboxylic acids is 2. The summed E-state index contributed by atoms with van der Waals surface area (Å²) in [5.74, 6) is -1.30. The van der Waals surface area contributed by atoms with Crippen molar-refractivity contribution in [2.75, 3.05) is 20.3 Å². The minimum Gasteiger partial charge on any atom is -0.465 e. The van der Waals surface area contributed by atoms with E-state index in [0.29, 0.717) is 0 Å². The van der Waals surface area contributed by atoms with Crippen LogP contribution < -0.4 is 0 Å². The van der Waals surface area contributed by atoms with Crippen LogP contribution in [0.3, 0.4) is 0 Å². The fourth-order valence-electron chi connectivity index (χ4n) is 1.41. The molecule has 1 atom stereocenters. The van der Waals surface area contributed by atoms with Crippen LogP contribution in [0, 0.1) is 0 Å². The summed E-state index contributed by atoms with van der Waals surface area (Å²) >= 11 is 0. The first-order valence-electron chi connectivity index (χ1n) is 5.73. The van der Waals surface area contributed by atoms with Gasteiger partial charge in [-0.1, -0.05) is 12.1 Å². The third-order valence-corrected chi connectivity index (χ3v) is 2.45. The molecule has 2 N–H and O–H groups in total. The van der Waals surface area contributed by atoms with E-state index in [9.17, 15) is 9.59 Å². The number of aliphatic hydroxyl groups is 2. The van der Waals surface area contributed by atoms with Gasteiger partial charge in [-0.15, -0.1) is 0 Å². The Morgan fingerprint density at radius 3 is 2.32 bits per heavy atom. The summed E-state index contributed by atoms with van der Waals surface area (Å²) in [6.07, 6.45) is -0.800. The highest BCUT2D eigenvalue weighted by molar-refractivity contribution is 6.03. The van der Waals surface area contributed by atoms with Crippen LogP contribution in [-0.2, 0) is 9.47 Å². The van der Waals surface area contributed by atoms with Gasteiger partial charge in [0.2, 0.25) is 0 Å². The maximum Gasteiger partial charge on any atom is 0.339 e. The molecule has 0 bridgehead atoms. The minimum atomic E-state index is -0.927. The average Bonchev–Trinajstić information content (AvgIpc) is 2.45. The number of aliphatic hydroxyl groups excluding tert-OH is 2. The molecule has 6 heteroatoms. The number of methoxy groups -OCH3 is 1. The van der Waals surface area contributed by atoms with Gasteiger partial charge in [0.25, 0.3) is 0 Å². The predicted octanol–water partition coefficient (Wildman–Crippen LogP) is 0.373. The fourth-order valence-corrected chi connectivity index (χ4v) is 1.41. The molecule has 6 nitrogen and oxygen atoms in total. The number of hydrogen-bond donors (Lipinski definition) is 2. The Bertz CT molecular complexity index is 443. The summed E-state index contributed by atoms with van der Waals surface area (Å²) < 4.78 is 9.49. The number of hydrogen-bond acceptors (Lipinski definition) is 6. The summed E-state index contributed by atoms with van der Waals surface area (Å²) in [5, 5.41) is 17.7. The molecular weight excluding hydrogens is 252 g/mol. The molecule has 0 saturated carbocycles. The van der Waals surface area contributed by atoms with Crippen LogP contribution in [0.1, 0.15) is 27.1 Å². The van der Waals surface area contributed by atoms with Gasteiger partial charge in [-0.25, -0.2) is 9.59 Å². The molecule has 0 spiro atoms. The van der Waals surface area contributed by atoms with Crippen LogP contribution in [0.2, 0.25) is 0 Å². The first kappa shape index (κ1) is 15.1. The lowest BCUT2D eigenvalue weighted by atomic mass is 10.1. The number of ether oxygens (including phenoxy) is 2. The van der Waals surface area contributed by atoms with Crippen molar-refractivity contribution in [1.29, 1.82) is 0 Å². The molecule has 104 valence electrons. The number of benzene rings is 1. The lowest BCUT2D eigenvalue weighted by molar-refractivity contribution is 0.0340. The molecule has 1 aromatic carbocycles. The molecule has 19 heavy (non-hydrogen) atoms. The zero-order valence-corrected chi connectivity index (χ0v) is 10.5. The van der Waals surface area contributed by atoms with Crippen molar-refractivity contribution in [3.63, 3.8) is 0 Å². The molecule has 0 aliphatic heterocycles. The van der Waals surface area contributed by atoms with Gasteiger partial charge in [0.1, 0.15) is 0 Å². The van der Waals surface area contributed by atoms with Crippen molar-refractivity contribution in [2.45, 2.75) is 12.5 Å². The highest BCUT2D eigenvalue weighted by Gasteiger charge is 2.18. The van der Waals surface area contributed by atoms with Crippen molar-refractivity contribution in [3.8, 4) is 0 Å². The van der Waals surface area contributed by atoms with E-state index >= 15 is 0 Å². The molecule has 0 amide bonds. The second kappa shape index (κ2) is 7.50. The van der Waals surface area contributed by atoms with E-state index in [1.807, 2.05) is 0 Å². The van der Waals surface area contributed by atoms with Crippen molar-refractivity contribution in [3.05, 3.63) is 35.4 Å². The highest BCUT2D eigenvalue weighted by Crippen LogP contribution is 2.12. The summed E-state index contributed by atoms with van der Waals surface area (Å²) in [6.45, 7) is -0.438. The summed E-state index contributed by atoms with van der Waals surface area (Å²) in [6, 6.07) is 6.13. The van der Waals surface area contributed by atoms with Gasteiger partial charge < -0.3 is 19.7 Å². The highest BCUT2D eigenvalue weighted by atomic mass is 16.5. The van der Waals surface area contributed by atoms with E-state index in [2.05, 4.69) is 4.74 Å². The zero-order chi connectivity index (χ0) is 14.3. The van der Waals surface area contributed by atoms with E-state index in [1.165, 1.54) is 19.2 Å². The summed E-state index contributed by atoms with van der Waals surface area (Å²) in [7, 11) is 1.22. The van der Waals surface area contributed by atoms with Crippen LogP contribution in [0.4, 0.5) is 0 Å². The molecule has 0 saturated heterocycles. The van der Waals surface area contributed by atoms with Gasteiger partial charge in [0.05, 0.1) is 37.6 Å². The molecular formula is C13H16O6. The van der Waals surface area contributed by atoms with E-state index in [1.54, 1.807) is 12.1 Å². The Labute approximate surface area is 110 Å². The van der Waals surface area contributed by atoms with E-state index in [-0.39, 0.29) is 24.2 Å². The molecule has 1 aromatic rings. The molecule has 1 rings (SSSR count).